The molecule has 1 fully saturated rings. The molecule has 4 rings (SSSR count). The van der Waals surface area contributed by atoms with Crippen molar-refractivity contribution in [2.24, 2.45) is 0 Å². The molecule has 1 aromatic carbocycles. The number of ether oxygens (including phenoxy) is 2. The Labute approximate surface area is 164 Å². The molecule has 0 aliphatic carbocycles. The molecule has 0 spiro atoms. The number of aliphatic hydroxyl groups is 3. The second-order valence-electron chi connectivity index (χ2n) is 6.53. The van der Waals surface area contributed by atoms with Gasteiger partial charge in [0.2, 0.25) is 17.7 Å². The number of hydrogen-bond acceptors (Lipinski definition) is 9. The number of hydrogen-bond donors (Lipinski definition) is 4. The third-order valence-electron chi connectivity index (χ3n) is 4.38. The van der Waals surface area contributed by atoms with Crippen molar-refractivity contribution in [3.05, 3.63) is 42.2 Å². The monoisotopic (exact) mass is 401 g/mol. The van der Waals surface area contributed by atoms with Gasteiger partial charge in [-0.3, -0.25) is 14.7 Å². The Kier molecular flexibility index (Phi) is 5.11. The average molecular weight is 401 g/mol. The molecular weight excluding hydrogens is 382 g/mol. The van der Waals surface area contributed by atoms with Crippen molar-refractivity contribution >= 4 is 23.0 Å². The first kappa shape index (κ1) is 19.2. The largest absolute Gasteiger partial charge is 0.471 e. The van der Waals surface area contributed by atoms with Crippen LogP contribution in [0.15, 0.2) is 36.7 Å². The first-order valence-electron chi connectivity index (χ1n) is 8.82. The maximum atomic E-state index is 11.5. The van der Waals surface area contributed by atoms with E-state index >= 15 is 0 Å². The fourth-order valence-electron chi connectivity index (χ4n) is 2.99. The second-order valence-corrected chi connectivity index (χ2v) is 6.53. The van der Waals surface area contributed by atoms with Crippen LogP contribution in [0.3, 0.4) is 0 Å². The third kappa shape index (κ3) is 3.76. The summed E-state index contributed by atoms with van der Waals surface area (Å²) in [5, 5.41) is 32.1. The van der Waals surface area contributed by atoms with E-state index in [1.807, 2.05) is 30.3 Å². The normalized spacial score (nSPS) is 24.0. The fraction of sp³-hybridized carbons (Fsp3) is 0.333. The van der Waals surface area contributed by atoms with E-state index < -0.39 is 24.7 Å². The Morgan fingerprint density at radius 1 is 1.21 bits per heavy atom. The summed E-state index contributed by atoms with van der Waals surface area (Å²) in [6.45, 7) is 1.52. The summed E-state index contributed by atoms with van der Waals surface area (Å²) in [5.74, 6) is -0.286. The van der Waals surface area contributed by atoms with Gasteiger partial charge in [-0.25, -0.2) is 4.98 Å². The quantitative estimate of drug-likeness (QED) is 0.460. The van der Waals surface area contributed by atoms with E-state index in [0.29, 0.717) is 0 Å². The van der Waals surface area contributed by atoms with E-state index in [0.717, 1.165) is 5.56 Å². The third-order valence-corrected chi connectivity index (χ3v) is 4.38. The summed E-state index contributed by atoms with van der Waals surface area (Å²) >= 11 is 0. The molecule has 11 nitrogen and oxygen atoms in total. The summed E-state index contributed by atoms with van der Waals surface area (Å²) in [4.78, 5) is 24.1. The molecule has 0 bridgehead atoms. The van der Waals surface area contributed by atoms with Gasteiger partial charge in [0, 0.05) is 6.92 Å². The summed E-state index contributed by atoms with van der Waals surface area (Å²) in [6, 6.07) is 9.41. The highest BCUT2D eigenvalue weighted by Gasteiger charge is 2.43. The lowest BCUT2D eigenvalue weighted by Gasteiger charge is -2.16. The number of amides is 1. The first-order valence-corrected chi connectivity index (χ1v) is 8.82. The van der Waals surface area contributed by atoms with Crippen LogP contribution in [0, 0.1) is 0 Å². The van der Waals surface area contributed by atoms with Crippen LogP contribution in [0.2, 0.25) is 0 Å². The molecule has 3 aromatic rings. The Hall–Kier alpha value is -3.12. The number of anilines is 1. The SMILES string of the molecule is CC(=O)Nc1nc(OCc2ccccc2)c2ncn(C3O[C@H](O)[C@@H](O)[C@H]3O)c2n1. The van der Waals surface area contributed by atoms with Crippen LogP contribution in [-0.4, -0.2) is 59.2 Å². The molecule has 3 heterocycles. The van der Waals surface area contributed by atoms with Crippen molar-refractivity contribution in [2.75, 3.05) is 5.32 Å². The van der Waals surface area contributed by atoms with Crippen LogP contribution in [-0.2, 0) is 16.1 Å². The van der Waals surface area contributed by atoms with Gasteiger partial charge in [0.15, 0.2) is 23.7 Å². The van der Waals surface area contributed by atoms with Gasteiger partial charge in [0.1, 0.15) is 18.8 Å². The topological polar surface area (TPSA) is 152 Å². The van der Waals surface area contributed by atoms with Crippen LogP contribution in [0.1, 0.15) is 18.7 Å². The summed E-state index contributed by atoms with van der Waals surface area (Å²) < 4.78 is 12.3. The van der Waals surface area contributed by atoms with E-state index in [1.165, 1.54) is 17.8 Å². The lowest BCUT2D eigenvalue weighted by atomic mass is 10.2. The Balaban J connectivity index is 1.73. The van der Waals surface area contributed by atoms with E-state index in [9.17, 15) is 20.1 Å². The van der Waals surface area contributed by atoms with Crippen LogP contribution in [0.25, 0.3) is 11.2 Å². The molecule has 152 valence electrons. The van der Waals surface area contributed by atoms with E-state index in [2.05, 4.69) is 20.3 Å². The van der Waals surface area contributed by atoms with Crippen molar-refractivity contribution in [1.29, 1.82) is 0 Å². The maximum Gasteiger partial charge on any atom is 0.247 e. The van der Waals surface area contributed by atoms with Gasteiger partial charge in [0.05, 0.1) is 6.33 Å². The van der Waals surface area contributed by atoms with Gasteiger partial charge in [-0.2, -0.15) is 9.97 Å². The van der Waals surface area contributed by atoms with Gasteiger partial charge in [-0.15, -0.1) is 0 Å². The molecule has 0 radical (unpaired) electrons. The standard InChI is InChI=1S/C18H19N5O6/c1-9(24)20-18-21-14-11(15(22-18)28-7-10-5-3-2-4-6-10)19-8-23(14)16-12(25)13(26)17(27)29-16/h2-6,8,12-13,16-17,25-27H,7H2,1H3,(H,20,21,22,24)/t12-,13+,16?,17+/m1/s1. The second kappa shape index (κ2) is 7.72. The number of imidazole rings is 1. The Morgan fingerprint density at radius 2 is 1.97 bits per heavy atom. The van der Waals surface area contributed by atoms with Crippen LogP contribution >= 0.6 is 0 Å². The molecule has 29 heavy (non-hydrogen) atoms. The van der Waals surface area contributed by atoms with Crippen molar-refractivity contribution in [1.82, 2.24) is 19.5 Å². The number of benzene rings is 1. The minimum Gasteiger partial charge on any atom is -0.471 e. The Morgan fingerprint density at radius 3 is 2.62 bits per heavy atom. The zero-order valence-corrected chi connectivity index (χ0v) is 15.3. The molecule has 2 aromatic heterocycles. The van der Waals surface area contributed by atoms with Gasteiger partial charge in [0.25, 0.3) is 0 Å². The predicted octanol–water partition coefficient (Wildman–Crippen LogP) is -0.0673. The molecule has 1 unspecified atom stereocenters. The highest BCUT2D eigenvalue weighted by atomic mass is 16.7. The number of carbonyl (C=O) groups excluding carboxylic acids is 1. The molecule has 4 atom stereocenters. The molecule has 0 saturated carbocycles. The van der Waals surface area contributed by atoms with Gasteiger partial charge >= 0.3 is 0 Å². The molecule has 1 aliphatic heterocycles. The fourth-order valence-corrected chi connectivity index (χ4v) is 2.99. The van der Waals surface area contributed by atoms with Crippen molar-refractivity contribution < 1.29 is 29.6 Å². The average Bonchev–Trinajstić information content (AvgIpc) is 3.23. The van der Waals surface area contributed by atoms with Gasteiger partial charge in [-0.05, 0) is 5.56 Å². The zero-order valence-electron chi connectivity index (χ0n) is 15.3. The highest BCUT2D eigenvalue weighted by molar-refractivity contribution is 5.88. The van der Waals surface area contributed by atoms with Crippen molar-refractivity contribution in [2.45, 2.75) is 38.3 Å². The summed E-state index contributed by atoms with van der Waals surface area (Å²) in [6.07, 6.45) is -4.26. The first-order chi connectivity index (χ1) is 13.9. The molecular formula is C18H19N5O6. The number of aliphatic hydroxyl groups excluding tert-OH is 3. The number of carbonyl (C=O) groups is 1. The van der Waals surface area contributed by atoms with Crippen LogP contribution in [0.5, 0.6) is 5.88 Å². The lowest BCUT2D eigenvalue weighted by molar-refractivity contribution is -0.141. The van der Waals surface area contributed by atoms with Crippen LogP contribution < -0.4 is 10.1 Å². The van der Waals surface area contributed by atoms with E-state index in [1.54, 1.807) is 0 Å². The van der Waals surface area contributed by atoms with Gasteiger partial charge < -0.3 is 24.8 Å². The molecule has 11 heteroatoms. The van der Waals surface area contributed by atoms with Crippen LogP contribution in [0.4, 0.5) is 5.95 Å². The minimum atomic E-state index is -1.56. The highest BCUT2D eigenvalue weighted by Crippen LogP contribution is 2.32. The number of fused-ring (bicyclic) bond motifs is 1. The lowest BCUT2D eigenvalue weighted by Crippen LogP contribution is -2.31. The van der Waals surface area contributed by atoms with E-state index in [-0.39, 0.29) is 35.5 Å². The number of rotatable bonds is 5. The maximum absolute atomic E-state index is 11.5. The molecule has 1 aliphatic rings. The van der Waals surface area contributed by atoms with Gasteiger partial charge in [-0.1, -0.05) is 30.3 Å². The minimum absolute atomic E-state index is 0.0246. The smallest absolute Gasteiger partial charge is 0.247 e. The predicted molar refractivity (Wildman–Crippen MR) is 98.5 cm³/mol. The van der Waals surface area contributed by atoms with Crippen molar-refractivity contribution in [3.63, 3.8) is 0 Å². The number of aromatic nitrogens is 4. The molecule has 4 N–H and O–H groups in total. The molecule has 1 saturated heterocycles. The number of nitrogens with zero attached hydrogens (tertiary/aromatic N) is 4. The molecule has 1 amide bonds. The Bertz CT molecular complexity index is 1030. The number of nitrogens with one attached hydrogen (secondary N) is 1. The van der Waals surface area contributed by atoms with E-state index in [4.69, 9.17) is 9.47 Å². The summed E-state index contributed by atoms with van der Waals surface area (Å²) in [7, 11) is 0. The zero-order chi connectivity index (χ0) is 20.5. The van der Waals surface area contributed by atoms with Crippen molar-refractivity contribution in [3.8, 4) is 5.88 Å². The summed E-state index contributed by atoms with van der Waals surface area (Å²) in [5.41, 5.74) is 1.36.